The van der Waals surface area contributed by atoms with Crippen LogP contribution in [0.3, 0.4) is 0 Å². The zero-order valence-electron chi connectivity index (χ0n) is 13.0. The molecule has 3 rings (SSSR count). The highest BCUT2D eigenvalue weighted by Crippen LogP contribution is 2.33. The highest BCUT2D eigenvalue weighted by molar-refractivity contribution is 5.57. The van der Waals surface area contributed by atoms with Crippen LogP contribution in [0.5, 0.6) is 0 Å². The van der Waals surface area contributed by atoms with Crippen LogP contribution in [0, 0.1) is 12.7 Å². The van der Waals surface area contributed by atoms with Crippen molar-refractivity contribution in [1.82, 2.24) is 4.90 Å². The molecule has 3 nitrogen and oxygen atoms in total. The van der Waals surface area contributed by atoms with Gasteiger partial charge in [-0.05, 0) is 63.9 Å². The summed E-state index contributed by atoms with van der Waals surface area (Å²) in [7, 11) is 0. The van der Waals surface area contributed by atoms with Crippen molar-refractivity contribution in [2.24, 2.45) is 0 Å². The topological polar surface area (TPSA) is 26.7 Å². The largest absolute Gasteiger partial charge is 0.389 e. The molecule has 1 aromatic carbocycles. The minimum absolute atomic E-state index is 0.232. The first kappa shape index (κ1) is 14.8. The van der Waals surface area contributed by atoms with Crippen LogP contribution in [0.15, 0.2) is 12.1 Å². The third-order valence-corrected chi connectivity index (χ3v) is 4.92. The number of nitrogens with zero attached hydrogens (tertiary/aromatic N) is 2. The Morgan fingerprint density at radius 1 is 1.24 bits per heavy atom. The highest BCUT2D eigenvalue weighted by atomic mass is 19.1. The summed E-state index contributed by atoms with van der Waals surface area (Å²) in [5.41, 5.74) is 2.37. The first-order valence-electron chi connectivity index (χ1n) is 8.03. The lowest BCUT2D eigenvalue weighted by molar-refractivity contribution is 0.199. The Balaban J connectivity index is 1.82. The molecule has 0 saturated carbocycles. The van der Waals surface area contributed by atoms with Gasteiger partial charge in [0.15, 0.2) is 0 Å². The van der Waals surface area contributed by atoms with Crippen LogP contribution in [0.25, 0.3) is 0 Å². The van der Waals surface area contributed by atoms with Crippen LogP contribution >= 0.6 is 0 Å². The zero-order valence-corrected chi connectivity index (χ0v) is 13.0. The van der Waals surface area contributed by atoms with E-state index in [0.717, 1.165) is 25.2 Å². The van der Waals surface area contributed by atoms with Gasteiger partial charge in [-0.25, -0.2) is 4.39 Å². The van der Waals surface area contributed by atoms with Crippen molar-refractivity contribution in [3.05, 3.63) is 29.1 Å². The Bertz CT molecular complexity index is 512. The van der Waals surface area contributed by atoms with Crippen molar-refractivity contribution in [2.45, 2.75) is 45.3 Å². The summed E-state index contributed by atoms with van der Waals surface area (Å²) in [5, 5.41) is 9.95. The maximum absolute atomic E-state index is 13.8. The molecular formula is C17H25FN2O. The van der Waals surface area contributed by atoms with Gasteiger partial charge in [-0.1, -0.05) is 0 Å². The van der Waals surface area contributed by atoms with Crippen LogP contribution in [0.2, 0.25) is 0 Å². The molecule has 2 saturated heterocycles. The SMILES string of the molecule is Cc1cc(N2CCC(N3CCCC3)C2)c([C@H](C)O)cc1F. The quantitative estimate of drug-likeness (QED) is 0.928. The maximum Gasteiger partial charge on any atom is 0.126 e. The molecule has 0 radical (unpaired) electrons. The Labute approximate surface area is 126 Å². The van der Waals surface area contributed by atoms with Crippen molar-refractivity contribution in [3.8, 4) is 0 Å². The van der Waals surface area contributed by atoms with E-state index in [-0.39, 0.29) is 5.82 Å². The second-order valence-corrected chi connectivity index (χ2v) is 6.47. The van der Waals surface area contributed by atoms with Crippen molar-refractivity contribution in [1.29, 1.82) is 0 Å². The number of aliphatic hydroxyl groups is 1. The van der Waals surface area contributed by atoms with E-state index in [1.165, 1.54) is 32.0 Å². The van der Waals surface area contributed by atoms with Gasteiger partial charge in [0.05, 0.1) is 6.10 Å². The molecule has 2 fully saturated rings. The summed E-state index contributed by atoms with van der Waals surface area (Å²) in [5.74, 6) is -0.232. The molecule has 2 aliphatic heterocycles. The predicted molar refractivity (Wildman–Crippen MR) is 83.2 cm³/mol. The third-order valence-electron chi connectivity index (χ3n) is 4.92. The molecule has 0 aliphatic carbocycles. The van der Waals surface area contributed by atoms with Crippen molar-refractivity contribution in [3.63, 3.8) is 0 Å². The number of rotatable bonds is 3. The number of aryl methyl sites for hydroxylation is 1. The lowest BCUT2D eigenvalue weighted by Crippen LogP contribution is -2.35. The molecule has 21 heavy (non-hydrogen) atoms. The van der Waals surface area contributed by atoms with Crippen molar-refractivity contribution in [2.75, 3.05) is 31.1 Å². The van der Waals surface area contributed by atoms with Gasteiger partial charge < -0.3 is 10.0 Å². The molecule has 0 spiro atoms. The summed E-state index contributed by atoms with van der Waals surface area (Å²) in [6.07, 6.45) is 3.15. The third kappa shape index (κ3) is 2.92. The van der Waals surface area contributed by atoms with E-state index >= 15 is 0 Å². The number of hydrogen-bond acceptors (Lipinski definition) is 3. The molecule has 2 aliphatic rings. The van der Waals surface area contributed by atoms with Gasteiger partial charge in [0, 0.05) is 30.4 Å². The molecule has 0 aromatic heterocycles. The first-order chi connectivity index (χ1) is 10.1. The number of aliphatic hydroxyl groups excluding tert-OH is 1. The van der Waals surface area contributed by atoms with Crippen LogP contribution in [-0.4, -0.2) is 42.2 Å². The average Bonchev–Trinajstić information content (AvgIpc) is 3.10. The Hall–Kier alpha value is -1.13. The molecule has 2 heterocycles. The van der Waals surface area contributed by atoms with Gasteiger partial charge in [-0.2, -0.15) is 0 Å². The Morgan fingerprint density at radius 2 is 1.95 bits per heavy atom. The van der Waals surface area contributed by atoms with E-state index in [9.17, 15) is 9.50 Å². The van der Waals surface area contributed by atoms with E-state index in [0.29, 0.717) is 17.2 Å². The minimum Gasteiger partial charge on any atom is -0.389 e. The molecule has 1 unspecified atom stereocenters. The summed E-state index contributed by atoms with van der Waals surface area (Å²) in [6, 6.07) is 4.00. The number of benzene rings is 1. The average molecular weight is 292 g/mol. The van der Waals surface area contributed by atoms with Gasteiger partial charge in [-0.15, -0.1) is 0 Å². The fraction of sp³-hybridized carbons (Fsp3) is 0.647. The van der Waals surface area contributed by atoms with Gasteiger partial charge in [-0.3, -0.25) is 4.90 Å². The summed E-state index contributed by atoms with van der Waals surface area (Å²) < 4.78 is 13.8. The highest BCUT2D eigenvalue weighted by Gasteiger charge is 2.30. The molecule has 0 bridgehead atoms. The fourth-order valence-corrected chi connectivity index (χ4v) is 3.66. The van der Waals surface area contributed by atoms with Gasteiger partial charge in [0.25, 0.3) is 0 Å². The minimum atomic E-state index is -0.638. The van der Waals surface area contributed by atoms with E-state index < -0.39 is 6.10 Å². The monoisotopic (exact) mass is 292 g/mol. The normalized spacial score (nSPS) is 24.8. The van der Waals surface area contributed by atoms with Gasteiger partial charge in [0.1, 0.15) is 5.82 Å². The summed E-state index contributed by atoms with van der Waals surface area (Å²) in [4.78, 5) is 4.90. The standard InChI is InChI=1S/C17H25FN2O/c1-12-9-17(15(13(2)21)10-16(12)18)20-8-5-14(11-20)19-6-3-4-7-19/h9-10,13-14,21H,3-8,11H2,1-2H3/t13-,14?/m0/s1. The molecule has 0 amide bonds. The van der Waals surface area contributed by atoms with E-state index in [4.69, 9.17) is 0 Å². The number of anilines is 1. The van der Waals surface area contributed by atoms with Crippen LogP contribution in [-0.2, 0) is 0 Å². The number of likely N-dealkylation sites (tertiary alicyclic amines) is 1. The van der Waals surface area contributed by atoms with Crippen LogP contribution in [0.4, 0.5) is 10.1 Å². The molecule has 2 atom stereocenters. The molecule has 116 valence electrons. The Morgan fingerprint density at radius 3 is 2.62 bits per heavy atom. The number of halogens is 1. The van der Waals surface area contributed by atoms with E-state index in [1.54, 1.807) is 13.8 Å². The smallest absolute Gasteiger partial charge is 0.126 e. The van der Waals surface area contributed by atoms with Gasteiger partial charge in [0.2, 0.25) is 0 Å². The first-order valence-corrected chi connectivity index (χ1v) is 8.03. The van der Waals surface area contributed by atoms with Crippen molar-refractivity contribution >= 4 is 5.69 Å². The molecule has 4 heteroatoms. The van der Waals surface area contributed by atoms with E-state index in [1.807, 2.05) is 6.07 Å². The van der Waals surface area contributed by atoms with Crippen LogP contribution < -0.4 is 4.90 Å². The number of hydrogen-bond donors (Lipinski definition) is 1. The molecule has 1 N–H and O–H groups in total. The van der Waals surface area contributed by atoms with Crippen molar-refractivity contribution < 1.29 is 9.50 Å². The van der Waals surface area contributed by atoms with Crippen LogP contribution in [0.1, 0.15) is 43.4 Å². The second kappa shape index (κ2) is 5.93. The predicted octanol–water partition coefficient (Wildman–Crippen LogP) is 2.86. The lowest BCUT2D eigenvalue weighted by Gasteiger charge is -2.27. The molecular weight excluding hydrogens is 267 g/mol. The van der Waals surface area contributed by atoms with Gasteiger partial charge >= 0.3 is 0 Å². The lowest BCUT2D eigenvalue weighted by atomic mass is 10.0. The fourth-order valence-electron chi connectivity index (χ4n) is 3.66. The second-order valence-electron chi connectivity index (χ2n) is 6.47. The maximum atomic E-state index is 13.8. The summed E-state index contributed by atoms with van der Waals surface area (Å²) >= 11 is 0. The summed E-state index contributed by atoms with van der Waals surface area (Å²) in [6.45, 7) is 7.91. The Kier molecular flexibility index (Phi) is 4.18. The van der Waals surface area contributed by atoms with E-state index in [2.05, 4.69) is 9.80 Å². The zero-order chi connectivity index (χ0) is 15.0. The molecule has 1 aromatic rings.